The lowest BCUT2D eigenvalue weighted by Crippen LogP contribution is -2.38. The van der Waals surface area contributed by atoms with Gasteiger partial charge in [-0.2, -0.15) is 4.31 Å². The largest absolute Gasteiger partial charge is 0.321 e. The molecule has 0 radical (unpaired) electrons. The van der Waals surface area contributed by atoms with Crippen LogP contribution in [0.4, 0.5) is 14.5 Å². The predicted molar refractivity (Wildman–Crippen MR) is 128 cm³/mol. The first-order chi connectivity index (χ1) is 16.0. The number of fused-ring (bicyclic) bond motifs is 1. The number of carbonyl (C=O) groups excluding carboxylic acids is 1. The van der Waals surface area contributed by atoms with Gasteiger partial charge in [-0.05, 0) is 47.7 Å². The second-order valence-corrected chi connectivity index (χ2v) is 12.2. The number of amides is 1. The van der Waals surface area contributed by atoms with Crippen LogP contribution in [0.3, 0.4) is 0 Å². The lowest BCUT2D eigenvalue weighted by atomic mass is 10.0. The fourth-order valence-electron chi connectivity index (χ4n) is 3.89. The lowest BCUT2D eigenvalue weighted by Gasteiger charge is -2.29. The zero-order valence-corrected chi connectivity index (χ0v) is 21.5. The molecular weight excluding hydrogens is 554 g/mol. The van der Waals surface area contributed by atoms with Gasteiger partial charge in [0.15, 0.2) is 5.82 Å². The van der Waals surface area contributed by atoms with Gasteiger partial charge in [0.1, 0.15) is 22.1 Å². The molecule has 4 rings (SSSR count). The van der Waals surface area contributed by atoms with E-state index >= 15 is 0 Å². The van der Waals surface area contributed by atoms with Crippen LogP contribution < -0.4 is 10.9 Å². The summed E-state index contributed by atoms with van der Waals surface area (Å²) in [4.78, 5) is 30.6. The van der Waals surface area contributed by atoms with Gasteiger partial charge < -0.3 is 5.32 Å². The summed E-state index contributed by atoms with van der Waals surface area (Å²) in [5.41, 5.74) is -0.963. The van der Waals surface area contributed by atoms with Crippen molar-refractivity contribution in [1.29, 1.82) is 0 Å². The third-order valence-electron chi connectivity index (χ3n) is 5.73. The first kappa shape index (κ1) is 24.9. The van der Waals surface area contributed by atoms with E-state index in [9.17, 15) is 26.8 Å². The molecule has 3 aromatic rings. The Hall–Kier alpha value is -2.22. The van der Waals surface area contributed by atoms with Crippen molar-refractivity contribution < 1.29 is 22.0 Å². The van der Waals surface area contributed by atoms with Gasteiger partial charge >= 0.3 is 0 Å². The number of anilines is 1. The predicted octanol–water partition coefficient (Wildman–Crippen LogP) is 3.87. The molecule has 1 aliphatic heterocycles. The topological polar surface area (TPSA) is 101 Å². The molecule has 1 fully saturated rings. The number of hydrogen-bond acceptors (Lipinski definition) is 6. The first-order valence-corrected chi connectivity index (χ1v) is 13.5. The summed E-state index contributed by atoms with van der Waals surface area (Å²) in [6.45, 7) is 3.89. The van der Waals surface area contributed by atoms with Crippen LogP contribution in [-0.2, 0) is 21.4 Å². The van der Waals surface area contributed by atoms with Crippen molar-refractivity contribution in [2.75, 3.05) is 18.4 Å². The van der Waals surface area contributed by atoms with E-state index in [1.54, 1.807) is 6.92 Å². The zero-order chi connectivity index (χ0) is 24.8. The van der Waals surface area contributed by atoms with Crippen LogP contribution in [0.5, 0.6) is 0 Å². The summed E-state index contributed by atoms with van der Waals surface area (Å²) >= 11 is 4.09. The minimum absolute atomic E-state index is 0.00281. The first-order valence-electron chi connectivity index (χ1n) is 10.4. The van der Waals surface area contributed by atoms with Crippen molar-refractivity contribution in [1.82, 2.24) is 13.9 Å². The summed E-state index contributed by atoms with van der Waals surface area (Å²) < 4.78 is 56.5. The Balaban J connectivity index is 1.68. The number of thiophene rings is 1. The number of aromatic nitrogens is 2. The van der Waals surface area contributed by atoms with Crippen LogP contribution in [0.2, 0.25) is 0 Å². The highest BCUT2D eigenvalue weighted by atomic mass is 79.9. The monoisotopic (exact) mass is 574 g/mol. The maximum Gasteiger partial charge on any atom is 0.263 e. The van der Waals surface area contributed by atoms with E-state index in [4.69, 9.17) is 0 Å². The van der Waals surface area contributed by atoms with Gasteiger partial charge in [-0.1, -0.05) is 6.92 Å². The third kappa shape index (κ3) is 4.66. The standard InChI is InChI=1S/C21H21BrF2N4O4S2/c1-11-3-5-28(6-4-11)34(31,32)19-12(2)33-20-17(19)21(30)27(10-25-20)9-16(29)26-18-14(22)7-13(23)8-15(18)24/h7-8,10-11H,3-6,9H2,1-2H3,(H,26,29). The quantitative estimate of drug-likeness (QED) is 0.498. The number of nitrogens with one attached hydrogen (secondary N) is 1. The summed E-state index contributed by atoms with van der Waals surface area (Å²) in [6.07, 6.45) is 2.62. The second kappa shape index (κ2) is 9.44. The molecule has 0 spiro atoms. The Morgan fingerprint density at radius 3 is 2.62 bits per heavy atom. The highest BCUT2D eigenvalue weighted by Crippen LogP contribution is 2.34. The Bertz CT molecular complexity index is 1420. The average molecular weight is 575 g/mol. The normalized spacial score (nSPS) is 15.7. The Morgan fingerprint density at radius 2 is 1.97 bits per heavy atom. The highest BCUT2D eigenvalue weighted by Gasteiger charge is 2.33. The molecule has 1 N–H and O–H groups in total. The van der Waals surface area contributed by atoms with Crippen LogP contribution in [0.25, 0.3) is 10.2 Å². The molecule has 1 aromatic carbocycles. The number of rotatable bonds is 5. The molecule has 0 saturated carbocycles. The van der Waals surface area contributed by atoms with Gasteiger partial charge in [0, 0.05) is 28.5 Å². The van der Waals surface area contributed by atoms with Crippen LogP contribution >= 0.6 is 27.3 Å². The van der Waals surface area contributed by atoms with Crippen LogP contribution in [0.15, 0.2) is 32.6 Å². The molecule has 0 bridgehead atoms. The summed E-state index contributed by atoms with van der Waals surface area (Å²) in [5, 5.41) is 2.23. The molecule has 1 aliphatic rings. The molecule has 0 atom stereocenters. The molecule has 13 heteroatoms. The molecule has 182 valence electrons. The van der Waals surface area contributed by atoms with Crippen molar-refractivity contribution in [2.45, 2.75) is 38.1 Å². The molecule has 3 heterocycles. The van der Waals surface area contributed by atoms with Crippen molar-refractivity contribution in [3.05, 3.63) is 49.8 Å². The molecule has 0 unspecified atom stereocenters. The van der Waals surface area contributed by atoms with Crippen molar-refractivity contribution >= 4 is 59.1 Å². The van der Waals surface area contributed by atoms with Gasteiger partial charge in [0.2, 0.25) is 15.9 Å². The fourth-order valence-corrected chi connectivity index (χ4v) is 7.53. The van der Waals surface area contributed by atoms with Crippen LogP contribution in [0, 0.1) is 24.5 Å². The molecule has 34 heavy (non-hydrogen) atoms. The number of sulfonamides is 1. The Kier molecular flexibility index (Phi) is 6.91. The number of nitrogens with zero attached hydrogens (tertiary/aromatic N) is 3. The average Bonchev–Trinajstić information content (AvgIpc) is 3.10. The lowest BCUT2D eigenvalue weighted by molar-refractivity contribution is -0.116. The molecular formula is C21H21BrF2N4O4S2. The highest BCUT2D eigenvalue weighted by molar-refractivity contribution is 9.10. The second-order valence-electron chi connectivity index (χ2n) is 8.22. The molecule has 2 aromatic heterocycles. The molecule has 1 saturated heterocycles. The van der Waals surface area contributed by atoms with Gasteiger partial charge in [-0.15, -0.1) is 11.3 Å². The number of carbonyl (C=O) groups is 1. The van der Waals surface area contributed by atoms with Gasteiger partial charge in [0.25, 0.3) is 5.56 Å². The van der Waals surface area contributed by atoms with E-state index in [2.05, 4.69) is 33.2 Å². The number of benzene rings is 1. The minimum Gasteiger partial charge on any atom is -0.321 e. The zero-order valence-electron chi connectivity index (χ0n) is 18.3. The van der Waals surface area contributed by atoms with Crippen molar-refractivity contribution in [3.63, 3.8) is 0 Å². The minimum atomic E-state index is -3.93. The number of halogens is 3. The van der Waals surface area contributed by atoms with E-state index in [0.29, 0.717) is 30.0 Å². The SMILES string of the molecule is Cc1sc2ncn(CC(=O)Nc3c(F)cc(F)cc3Br)c(=O)c2c1S(=O)(=O)N1CCC(C)CC1. The van der Waals surface area contributed by atoms with Gasteiger partial charge in [-0.25, -0.2) is 22.2 Å². The summed E-state index contributed by atoms with van der Waals surface area (Å²) in [5.74, 6) is -2.15. The third-order valence-corrected chi connectivity index (χ3v) is 9.56. The number of aryl methyl sites for hydroxylation is 1. The molecule has 0 aliphatic carbocycles. The summed E-state index contributed by atoms with van der Waals surface area (Å²) in [7, 11) is -3.93. The molecule has 8 nitrogen and oxygen atoms in total. The van der Waals surface area contributed by atoms with Gasteiger partial charge in [0.05, 0.1) is 17.4 Å². The molecule has 1 amide bonds. The van der Waals surface area contributed by atoms with E-state index < -0.39 is 39.7 Å². The number of hydrogen-bond donors (Lipinski definition) is 1. The van der Waals surface area contributed by atoms with E-state index in [0.717, 1.165) is 41.1 Å². The Labute approximate surface area is 206 Å². The summed E-state index contributed by atoms with van der Waals surface area (Å²) in [6, 6.07) is 1.61. The maximum absolute atomic E-state index is 14.1. The van der Waals surface area contributed by atoms with Crippen molar-refractivity contribution in [3.8, 4) is 0 Å². The smallest absolute Gasteiger partial charge is 0.263 e. The van der Waals surface area contributed by atoms with E-state index in [1.807, 2.05) is 0 Å². The number of piperidine rings is 1. The van der Waals surface area contributed by atoms with Crippen LogP contribution in [-0.4, -0.2) is 41.3 Å². The van der Waals surface area contributed by atoms with Gasteiger partial charge in [-0.3, -0.25) is 14.2 Å². The van der Waals surface area contributed by atoms with Crippen LogP contribution in [0.1, 0.15) is 24.6 Å². The van der Waals surface area contributed by atoms with E-state index in [1.165, 1.54) is 4.31 Å². The van der Waals surface area contributed by atoms with Crippen molar-refractivity contribution in [2.24, 2.45) is 5.92 Å². The maximum atomic E-state index is 14.1. The Morgan fingerprint density at radius 1 is 1.29 bits per heavy atom. The van der Waals surface area contributed by atoms with E-state index in [-0.39, 0.29) is 25.3 Å². The fraction of sp³-hybridized carbons (Fsp3) is 0.381.